The lowest BCUT2D eigenvalue weighted by atomic mass is 10.2. The highest BCUT2D eigenvalue weighted by atomic mass is 35.5. The highest BCUT2D eigenvalue weighted by Gasteiger charge is 2.04. The summed E-state index contributed by atoms with van der Waals surface area (Å²) in [5.74, 6) is 0.159. The van der Waals surface area contributed by atoms with Gasteiger partial charge in [-0.2, -0.15) is 0 Å². The van der Waals surface area contributed by atoms with E-state index in [1.807, 2.05) is 42.5 Å². The molecule has 3 aromatic carbocycles. The summed E-state index contributed by atoms with van der Waals surface area (Å²) in [6.07, 6.45) is 1.63. The van der Waals surface area contributed by atoms with E-state index in [2.05, 4.69) is 17.1 Å². The predicted molar refractivity (Wildman–Crippen MR) is 97.4 cm³/mol. The molecule has 0 atom stereocenters. The average Bonchev–Trinajstić information content (AvgIpc) is 2.58. The molecule has 3 aromatic rings. The van der Waals surface area contributed by atoms with Gasteiger partial charge in [0.25, 0.3) is 0 Å². The van der Waals surface area contributed by atoms with Crippen molar-refractivity contribution in [2.75, 3.05) is 0 Å². The van der Waals surface area contributed by atoms with Crippen molar-refractivity contribution in [3.8, 4) is 5.75 Å². The normalized spacial score (nSPS) is 11.0. The number of phenolic OH excluding ortho intramolecular Hbond substituents is 1. The number of nitrogens with zero attached hydrogens (tertiary/aromatic N) is 1. The Bertz CT molecular complexity index is 834. The van der Waals surface area contributed by atoms with Gasteiger partial charge >= 0.3 is 0 Å². The summed E-state index contributed by atoms with van der Waals surface area (Å²) in [5.41, 5.74) is 1.44. The van der Waals surface area contributed by atoms with Crippen LogP contribution in [-0.4, -0.2) is 11.3 Å². The molecular formula is C19H14ClNOS. The lowest BCUT2D eigenvalue weighted by Crippen LogP contribution is -1.83. The van der Waals surface area contributed by atoms with Crippen LogP contribution in [0.2, 0.25) is 5.02 Å². The van der Waals surface area contributed by atoms with E-state index in [4.69, 9.17) is 11.6 Å². The Kier molecular flexibility index (Phi) is 5.01. The standard InChI is InChI=1S/C19H14ClNOS/c20-15-10-11-18(22)14(12-15)13-21-17-8-4-5-9-19(17)23-16-6-2-1-3-7-16/h1-13,22H. The molecule has 0 heterocycles. The van der Waals surface area contributed by atoms with E-state index in [0.717, 1.165) is 15.5 Å². The number of aromatic hydroxyl groups is 1. The van der Waals surface area contributed by atoms with Crippen molar-refractivity contribution in [2.45, 2.75) is 9.79 Å². The minimum atomic E-state index is 0.159. The highest BCUT2D eigenvalue weighted by molar-refractivity contribution is 7.99. The monoisotopic (exact) mass is 339 g/mol. The first-order valence-corrected chi connectivity index (χ1v) is 8.26. The van der Waals surface area contributed by atoms with Crippen molar-refractivity contribution in [3.63, 3.8) is 0 Å². The molecule has 0 bridgehead atoms. The summed E-state index contributed by atoms with van der Waals surface area (Å²) in [6, 6.07) is 23.0. The molecule has 0 saturated heterocycles. The average molecular weight is 340 g/mol. The van der Waals surface area contributed by atoms with Gasteiger partial charge < -0.3 is 5.11 Å². The van der Waals surface area contributed by atoms with Crippen molar-refractivity contribution in [1.29, 1.82) is 0 Å². The second kappa shape index (κ2) is 7.36. The number of benzene rings is 3. The number of phenols is 1. The summed E-state index contributed by atoms with van der Waals surface area (Å²) in [4.78, 5) is 6.72. The van der Waals surface area contributed by atoms with E-state index in [1.165, 1.54) is 0 Å². The molecule has 114 valence electrons. The molecule has 0 fully saturated rings. The molecule has 2 nitrogen and oxygen atoms in total. The van der Waals surface area contributed by atoms with Crippen molar-refractivity contribution in [3.05, 3.63) is 83.4 Å². The van der Waals surface area contributed by atoms with E-state index in [9.17, 15) is 5.11 Å². The molecule has 0 radical (unpaired) electrons. The van der Waals surface area contributed by atoms with Crippen molar-refractivity contribution < 1.29 is 5.11 Å². The Morgan fingerprint density at radius 1 is 0.913 bits per heavy atom. The van der Waals surface area contributed by atoms with E-state index < -0.39 is 0 Å². The first kappa shape index (κ1) is 15.7. The van der Waals surface area contributed by atoms with Crippen molar-refractivity contribution in [1.82, 2.24) is 0 Å². The zero-order valence-corrected chi connectivity index (χ0v) is 13.8. The Morgan fingerprint density at radius 3 is 2.48 bits per heavy atom. The zero-order valence-electron chi connectivity index (χ0n) is 12.2. The van der Waals surface area contributed by atoms with Crippen LogP contribution < -0.4 is 0 Å². The van der Waals surface area contributed by atoms with Gasteiger partial charge in [-0.25, -0.2) is 0 Å². The minimum absolute atomic E-state index is 0.159. The molecule has 1 N–H and O–H groups in total. The van der Waals surface area contributed by atoms with Crippen LogP contribution in [0.4, 0.5) is 5.69 Å². The summed E-state index contributed by atoms with van der Waals surface area (Å²) < 4.78 is 0. The number of hydrogen-bond donors (Lipinski definition) is 1. The van der Waals surface area contributed by atoms with Crippen LogP contribution >= 0.6 is 23.4 Å². The molecule has 23 heavy (non-hydrogen) atoms. The molecule has 3 rings (SSSR count). The van der Waals surface area contributed by atoms with Gasteiger partial charge in [0.1, 0.15) is 5.75 Å². The van der Waals surface area contributed by atoms with Gasteiger partial charge in [0.05, 0.1) is 5.69 Å². The van der Waals surface area contributed by atoms with Crippen LogP contribution in [0, 0.1) is 0 Å². The molecule has 0 saturated carbocycles. The van der Waals surface area contributed by atoms with E-state index in [1.54, 1.807) is 36.2 Å². The molecule has 0 aliphatic carbocycles. The Balaban J connectivity index is 1.88. The zero-order chi connectivity index (χ0) is 16.1. The van der Waals surface area contributed by atoms with Crippen LogP contribution in [0.3, 0.4) is 0 Å². The maximum absolute atomic E-state index is 9.86. The van der Waals surface area contributed by atoms with Gasteiger partial charge in [-0.05, 0) is 42.5 Å². The van der Waals surface area contributed by atoms with Crippen LogP contribution in [0.1, 0.15) is 5.56 Å². The lowest BCUT2D eigenvalue weighted by Gasteiger charge is -2.05. The van der Waals surface area contributed by atoms with E-state index in [-0.39, 0.29) is 5.75 Å². The molecule has 0 amide bonds. The summed E-state index contributed by atoms with van der Waals surface area (Å²) in [6.45, 7) is 0. The second-order valence-electron chi connectivity index (χ2n) is 4.84. The third kappa shape index (κ3) is 4.15. The summed E-state index contributed by atoms with van der Waals surface area (Å²) in [5, 5.41) is 10.4. The number of aliphatic imine (C=N–C) groups is 1. The van der Waals surface area contributed by atoms with Crippen molar-refractivity contribution in [2.24, 2.45) is 4.99 Å². The quantitative estimate of drug-likeness (QED) is 0.596. The Morgan fingerprint density at radius 2 is 1.65 bits per heavy atom. The smallest absolute Gasteiger partial charge is 0.124 e. The molecule has 4 heteroatoms. The van der Waals surface area contributed by atoms with Crippen LogP contribution in [0.5, 0.6) is 5.75 Å². The third-order valence-electron chi connectivity index (χ3n) is 3.17. The molecule has 0 aliphatic rings. The first-order chi connectivity index (χ1) is 11.2. The van der Waals surface area contributed by atoms with Crippen molar-refractivity contribution >= 4 is 35.3 Å². The van der Waals surface area contributed by atoms with Gasteiger partial charge in [0.15, 0.2) is 0 Å². The lowest BCUT2D eigenvalue weighted by molar-refractivity contribution is 0.474. The van der Waals surface area contributed by atoms with Crippen LogP contribution in [0.15, 0.2) is 87.6 Å². The SMILES string of the molecule is Oc1ccc(Cl)cc1C=Nc1ccccc1Sc1ccccc1. The van der Waals surface area contributed by atoms with E-state index in [0.29, 0.717) is 10.6 Å². The number of hydrogen-bond acceptors (Lipinski definition) is 3. The predicted octanol–water partition coefficient (Wildman–Crippen LogP) is 5.95. The fourth-order valence-electron chi connectivity index (χ4n) is 2.03. The van der Waals surface area contributed by atoms with E-state index >= 15 is 0 Å². The fraction of sp³-hybridized carbons (Fsp3) is 0. The topological polar surface area (TPSA) is 32.6 Å². The number of para-hydroxylation sites is 1. The van der Waals surface area contributed by atoms with Crippen LogP contribution in [0.25, 0.3) is 0 Å². The first-order valence-electron chi connectivity index (χ1n) is 7.07. The minimum Gasteiger partial charge on any atom is -0.507 e. The largest absolute Gasteiger partial charge is 0.507 e. The number of halogens is 1. The summed E-state index contributed by atoms with van der Waals surface area (Å²) >= 11 is 7.61. The van der Waals surface area contributed by atoms with Gasteiger partial charge in [0.2, 0.25) is 0 Å². The molecule has 0 unspecified atom stereocenters. The second-order valence-corrected chi connectivity index (χ2v) is 6.40. The van der Waals surface area contributed by atoms with Crippen LogP contribution in [-0.2, 0) is 0 Å². The maximum atomic E-state index is 9.86. The highest BCUT2D eigenvalue weighted by Crippen LogP contribution is 2.34. The summed E-state index contributed by atoms with van der Waals surface area (Å²) in [7, 11) is 0. The fourth-order valence-corrected chi connectivity index (χ4v) is 3.13. The van der Waals surface area contributed by atoms with Gasteiger partial charge in [-0.15, -0.1) is 0 Å². The number of rotatable bonds is 4. The Labute approximate surface area is 144 Å². The molecule has 0 aliphatic heterocycles. The Hall–Kier alpha value is -2.23. The van der Waals surface area contributed by atoms with Gasteiger partial charge in [-0.1, -0.05) is 53.7 Å². The van der Waals surface area contributed by atoms with Gasteiger partial charge in [-0.3, -0.25) is 4.99 Å². The third-order valence-corrected chi connectivity index (χ3v) is 4.48. The van der Waals surface area contributed by atoms with Gasteiger partial charge in [0, 0.05) is 26.6 Å². The maximum Gasteiger partial charge on any atom is 0.124 e. The molecule has 0 spiro atoms. The molecule has 0 aromatic heterocycles. The molecular weight excluding hydrogens is 326 g/mol.